The number of benzene rings is 2. The molecule has 0 aromatic heterocycles. The summed E-state index contributed by atoms with van der Waals surface area (Å²) in [6.45, 7) is 6.09. The highest BCUT2D eigenvalue weighted by Crippen LogP contribution is 2.27. The van der Waals surface area contributed by atoms with E-state index in [-0.39, 0.29) is 11.8 Å². The van der Waals surface area contributed by atoms with Crippen LogP contribution in [0, 0.1) is 5.92 Å². The van der Waals surface area contributed by atoms with Crippen LogP contribution in [0.25, 0.3) is 0 Å². The number of nitrogens with one attached hydrogen (secondary N) is 2. The molecule has 0 bridgehead atoms. The number of carbonyl (C=O) groups is 2. The Bertz CT molecular complexity index is 915. The Labute approximate surface area is 181 Å². The number of nitrogens with zero attached hydrogens (tertiary/aromatic N) is 1. The summed E-state index contributed by atoms with van der Waals surface area (Å²) in [6, 6.07) is 11.1. The molecule has 30 heavy (non-hydrogen) atoms. The molecule has 0 radical (unpaired) electrons. The highest BCUT2D eigenvalue weighted by molar-refractivity contribution is 6.31. The standard InChI is InChI=1S/C22H26ClN3O4/c1-5-30-18-10-9-15(11-19(18)29-4)13-24-26-22(28)20(14(2)3)25-21(27)16-7-6-8-17(23)12-16/h6-14,20H,5H2,1-4H3,(H,25,27)(H,26,28)/b24-13-. The predicted octanol–water partition coefficient (Wildman–Crippen LogP) is 3.65. The smallest absolute Gasteiger partial charge is 0.262 e. The van der Waals surface area contributed by atoms with Crippen LogP contribution < -0.4 is 20.2 Å². The Morgan fingerprint density at radius 2 is 1.93 bits per heavy atom. The molecule has 2 aromatic carbocycles. The first kappa shape index (κ1) is 23.2. The van der Waals surface area contributed by atoms with Crippen molar-refractivity contribution in [2.75, 3.05) is 13.7 Å². The van der Waals surface area contributed by atoms with E-state index in [9.17, 15) is 9.59 Å². The Morgan fingerprint density at radius 3 is 2.57 bits per heavy atom. The third-order valence-electron chi connectivity index (χ3n) is 4.20. The second-order valence-electron chi connectivity index (χ2n) is 6.78. The second-order valence-corrected chi connectivity index (χ2v) is 7.22. The maximum Gasteiger partial charge on any atom is 0.262 e. The third kappa shape index (κ3) is 6.49. The van der Waals surface area contributed by atoms with E-state index in [2.05, 4.69) is 15.8 Å². The van der Waals surface area contributed by atoms with Crippen LogP contribution >= 0.6 is 11.6 Å². The summed E-state index contributed by atoms with van der Waals surface area (Å²) in [5, 5.41) is 7.17. The van der Waals surface area contributed by atoms with Gasteiger partial charge >= 0.3 is 0 Å². The third-order valence-corrected chi connectivity index (χ3v) is 4.43. The quantitative estimate of drug-likeness (QED) is 0.468. The Hall–Kier alpha value is -3.06. The normalized spacial score (nSPS) is 11.9. The minimum Gasteiger partial charge on any atom is -0.493 e. The molecule has 2 rings (SSSR count). The van der Waals surface area contributed by atoms with Gasteiger partial charge < -0.3 is 14.8 Å². The number of halogens is 1. The molecule has 1 unspecified atom stereocenters. The molecule has 0 heterocycles. The van der Waals surface area contributed by atoms with E-state index in [1.165, 1.54) is 6.21 Å². The van der Waals surface area contributed by atoms with Crippen LogP contribution in [0.2, 0.25) is 5.02 Å². The molecule has 0 aliphatic rings. The van der Waals surface area contributed by atoms with Crippen molar-refractivity contribution in [1.29, 1.82) is 0 Å². The molecule has 0 saturated heterocycles. The molecular formula is C22H26ClN3O4. The maximum atomic E-state index is 12.6. The van der Waals surface area contributed by atoms with Gasteiger partial charge in [0.25, 0.3) is 11.8 Å². The fraction of sp³-hybridized carbons (Fsp3) is 0.318. The van der Waals surface area contributed by atoms with E-state index in [1.807, 2.05) is 20.8 Å². The fourth-order valence-electron chi connectivity index (χ4n) is 2.67. The van der Waals surface area contributed by atoms with E-state index >= 15 is 0 Å². The van der Waals surface area contributed by atoms with Crippen LogP contribution in [0.15, 0.2) is 47.6 Å². The Kier molecular flexibility index (Phi) is 8.68. The van der Waals surface area contributed by atoms with Gasteiger partial charge in [-0.25, -0.2) is 5.43 Å². The summed E-state index contributed by atoms with van der Waals surface area (Å²) in [5.41, 5.74) is 3.58. The molecule has 2 N–H and O–H groups in total. The lowest BCUT2D eigenvalue weighted by molar-refractivity contribution is -0.123. The van der Waals surface area contributed by atoms with Crippen molar-refractivity contribution in [1.82, 2.24) is 10.7 Å². The van der Waals surface area contributed by atoms with Crippen molar-refractivity contribution in [3.05, 3.63) is 58.6 Å². The molecule has 0 spiro atoms. The maximum absolute atomic E-state index is 12.6. The Morgan fingerprint density at radius 1 is 1.17 bits per heavy atom. The van der Waals surface area contributed by atoms with Crippen LogP contribution in [0.3, 0.4) is 0 Å². The first-order chi connectivity index (χ1) is 14.3. The van der Waals surface area contributed by atoms with Crippen LogP contribution in [0.1, 0.15) is 36.7 Å². The minimum absolute atomic E-state index is 0.145. The summed E-state index contributed by atoms with van der Waals surface area (Å²) in [6.07, 6.45) is 1.49. The van der Waals surface area contributed by atoms with Gasteiger partial charge in [0.15, 0.2) is 11.5 Å². The van der Waals surface area contributed by atoms with Gasteiger partial charge in [0.05, 0.1) is 19.9 Å². The van der Waals surface area contributed by atoms with E-state index in [4.69, 9.17) is 21.1 Å². The Balaban J connectivity index is 2.04. The van der Waals surface area contributed by atoms with Crippen molar-refractivity contribution in [3.8, 4) is 11.5 Å². The summed E-state index contributed by atoms with van der Waals surface area (Å²) in [4.78, 5) is 25.0. The molecular weight excluding hydrogens is 406 g/mol. The summed E-state index contributed by atoms with van der Waals surface area (Å²) < 4.78 is 10.8. The van der Waals surface area contributed by atoms with Crippen molar-refractivity contribution >= 4 is 29.6 Å². The lowest BCUT2D eigenvalue weighted by Crippen LogP contribution is -2.48. The molecule has 0 aliphatic heterocycles. The van der Waals surface area contributed by atoms with Crippen LogP contribution in [0.5, 0.6) is 11.5 Å². The first-order valence-corrected chi connectivity index (χ1v) is 9.93. The second kappa shape index (κ2) is 11.2. The summed E-state index contributed by atoms with van der Waals surface area (Å²) >= 11 is 5.93. The molecule has 0 saturated carbocycles. The zero-order chi connectivity index (χ0) is 22.1. The van der Waals surface area contributed by atoms with Crippen molar-refractivity contribution < 1.29 is 19.1 Å². The molecule has 2 aromatic rings. The van der Waals surface area contributed by atoms with Gasteiger partial charge in [-0.05, 0) is 54.8 Å². The number of methoxy groups -OCH3 is 1. The molecule has 160 valence electrons. The van der Waals surface area contributed by atoms with Crippen molar-refractivity contribution in [2.24, 2.45) is 11.0 Å². The summed E-state index contributed by atoms with van der Waals surface area (Å²) in [5.74, 6) is 0.251. The first-order valence-electron chi connectivity index (χ1n) is 9.55. The number of hydrogen-bond donors (Lipinski definition) is 2. The van der Waals surface area contributed by atoms with Gasteiger partial charge in [-0.3, -0.25) is 9.59 Å². The van der Waals surface area contributed by atoms with Gasteiger partial charge in [-0.15, -0.1) is 0 Å². The lowest BCUT2D eigenvalue weighted by Gasteiger charge is -2.20. The lowest BCUT2D eigenvalue weighted by atomic mass is 10.0. The van der Waals surface area contributed by atoms with Gasteiger partial charge in [0, 0.05) is 10.6 Å². The van der Waals surface area contributed by atoms with Gasteiger partial charge in [0.2, 0.25) is 0 Å². The largest absolute Gasteiger partial charge is 0.493 e. The number of ether oxygens (including phenoxy) is 2. The number of hydrogen-bond acceptors (Lipinski definition) is 5. The van der Waals surface area contributed by atoms with Gasteiger partial charge in [-0.2, -0.15) is 5.10 Å². The number of hydrazone groups is 1. The fourth-order valence-corrected chi connectivity index (χ4v) is 2.86. The monoisotopic (exact) mass is 431 g/mol. The minimum atomic E-state index is -0.761. The highest BCUT2D eigenvalue weighted by atomic mass is 35.5. The van der Waals surface area contributed by atoms with Crippen molar-refractivity contribution in [3.63, 3.8) is 0 Å². The summed E-state index contributed by atoms with van der Waals surface area (Å²) in [7, 11) is 1.55. The van der Waals surface area contributed by atoms with Crippen LogP contribution in [0.4, 0.5) is 0 Å². The number of rotatable bonds is 9. The molecule has 1 atom stereocenters. The average molecular weight is 432 g/mol. The zero-order valence-electron chi connectivity index (χ0n) is 17.4. The number of amides is 2. The highest BCUT2D eigenvalue weighted by Gasteiger charge is 2.24. The van der Waals surface area contributed by atoms with Gasteiger partial charge in [-0.1, -0.05) is 31.5 Å². The van der Waals surface area contributed by atoms with Crippen LogP contribution in [-0.2, 0) is 4.79 Å². The van der Waals surface area contributed by atoms with E-state index in [0.29, 0.717) is 28.7 Å². The number of carbonyl (C=O) groups excluding carboxylic acids is 2. The van der Waals surface area contributed by atoms with Gasteiger partial charge in [0.1, 0.15) is 6.04 Å². The predicted molar refractivity (Wildman–Crippen MR) is 117 cm³/mol. The van der Waals surface area contributed by atoms with E-state index < -0.39 is 11.9 Å². The average Bonchev–Trinajstić information content (AvgIpc) is 2.72. The molecule has 7 nitrogen and oxygen atoms in total. The topological polar surface area (TPSA) is 89.0 Å². The zero-order valence-corrected chi connectivity index (χ0v) is 18.2. The molecule has 2 amide bonds. The van der Waals surface area contributed by atoms with E-state index in [1.54, 1.807) is 49.6 Å². The SMILES string of the molecule is CCOc1ccc(/C=N\NC(=O)C(NC(=O)c2cccc(Cl)c2)C(C)C)cc1OC. The van der Waals surface area contributed by atoms with Crippen LogP contribution in [-0.4, -0.2) is 37.8 Å². The molecule has 0 fully saturated rings. The molecule has 0 aliphatic carbocycles. The molecule has 8 heteroatoms. The van der Waals surface area contributed by atoms with Crippen molar-refractivity contribution in [2.45, 2.75) is 26.8 Å². The van der Waals surface area contributed by atoms with E-state index in [0.717, 1.165) is 5.56 Å².